The molecule has 1 amide bonds. The van der Waals surface area contributed by atoms with Crippen LogP contribution in [0.25, 0.3) is 11.5 Å². The van der Waals surface area contributed by atoms with Crippen molar-refractivity contribution < 1.29 is 9.21 Å². The topological polar surface area (TPSA) is 80.9 Å². The van der Waals surface area contributed by atoms with E-state index in [0.29, 0.717) is 22.7 Å². The normalized spacial score (nSPS) is 11.9. The average molecular weight is 375 g/mol. The molecule has 0 aliphatic heterocycles. The summed E-state index contributed by atoms with van der Waals surface area (Å²) >= 11 is 7.28. The molecule has 25 heavy (non-hydrogen) atoms. The summed E-state index contributed by atoms with van der Waals surface area (Å²) in [6.45, 7) is 2.15. The van der Waals surface area contributed by atoms with Gasteiger partial charge in [-0.2, -0.15) is 0 Å². The van der Waals surface area contributed by atoms with E-state index in [1.54, 1.807) is 31.5 Å². The first-order chi connectivity index (χ1) is 12.1. The molecule has 0 spiro atoms. The van der Waals surface area contributed by atoms with Crippen molar-refractivity contribution >= 4 is 29.3 Å². The molecule has 2 heterocycles. The molecule has 6 nitrogen and oxygen atoms in total. The number of rotatable bonds is 6. The molecule has 0 aliphatic carbocycles. The van der Waals surface area contributed by atoms with Gasteiger partial charge in [0, 0.05) is 24.0 Å². The highest BCUT2D eigenvalue weighted by Gasteiger charge is 2.18. The molecule has 0 bridgehead atoms. The van der Waals surface area contributed by atoms with E-state index in [1.807, 2.05) is 24.3 Å². The molecule has 1 aromatic carbocycles. The molecule has 8 heteroatoms. The quantitative estimate of drug-likeness (QED) is 0.664. The minimum atomic E-state index is -0.385. The number of thioether (sulfide) groups is 1. The maximum absolute atomic E-state index is 12.2. The number of pyridine rings is 1. The van der Waals surface area contributed by atoms with Gasteiger partial charge in [0.2, 0.25) is 11.8 Å². The number of hydrogen-bond acceptors (Lipinski definition) is 6. The molecule has 0 fully saturated rings. The van der Waals surface area contributed by atoms with Crippen LogP contribution in [0.3, 0.4) is 0 Å². The van der Waals surface area contributed by atoms with Crippen molar-refractivity contribution in [1.82, 2.24) is 20.5 Å². The molecule has 0 radical (unpaired) electrons. The van der Waals surface area contributed by atoms with Gasteiger partial charge in [0.1, 0.15) is 0 Å². The molecule has 3 rings (SSSR count). The van der Waals surface area contributed by atoms with Crippen LogP contribution in [0.4, 0.5) is 0 Å². The summed E-state index contributed by atoms with van der Waals surface area (Å²) in [6, 6.07) is 11.0. The van der Waals surface area contributed by atoms with Gasteiger partial charge in [0.25, 0.3) is 5.22 Å². The van der Waals surface area contributed by atoms with Crippen molar-refractivity contribution in [3.05, 3.63) is 59.4 Å². The lowest BCUT2D eigenvalue weighted by Crippen LogP contribution is -2.30. The second kappa shape index (κ2) is 8.13. The SMILES string of the molecule is C[C@@H](Sc1nnc(-c2cccnc2)o1)C(=O)NCc1ccccc1Cl. The third-order valence-electron chi connectivity index (χ3n) is 3.37. The van der Waals surface area contributed by atoms with Gasteiger partial charge in [-0.05, 0) is 30.7 Å². The zero-order valence-electron chi connectivity index (χ0n) is 13.3. The second-order valence-electron chi connectivity index (χ2n) is 5.18. The summed E-state index contributed by atoms with van der Waals surface area (Å²) in [7, 11) is 0. The summed E-state index contributed by atoms with van der Waals surface area (Å²) in [6.07, 6.45) is 3.31. The highest BCUT2D eigenvalue weighted by molar-refractivity contribution is 8.00. The van der Waals surface area contributed by atoms with Crippen LogP contribution in [-0.2, 0) is 11.3 Å². The van der Waals surface area contributed by atoms with E-state index in [1.165, 1.54) is 11.8 Å². The summed E-state index contributed by atoms with van der Waals surface area (Å²) in [5.41, 5.74) is 1.60. The lowest BCUT2D eigenvalue weighted by atomic mass is 10.2. The summed E-state index contributed by atoms with van der Waals surface area (Å²) in [5.74, 6) is 0.241. The highest BCUT2D eigenvalue weighted by Crippen LogP contribution is 2.25. The van der Waals surface area contributed by atoms with E-state index < -0.39 is 0 Å². The second-order valence-corrected chi connectivity index (χ2v) is 6.88. The summed E-state index contributed by atoms with van der Waals surface area (Å²) in [5, 5.41) is 11.4. The van der Waals surface area contributed by atoms with Gasteiger partial charge in [-0.3, -0.25) is 9.78 Å². The number of hydrogen-bond donors (Lipinski definition) is 1. The van der Waals surface area contributed by atoms with Crippen molar-refractivity contribution in [3.8, 4) is 11.5 Å². The molecule has 0 aliphatic rings. The molecule has 0 saturated heterocycles. The van der Waals surface area contributed by atoms with Gasteiger partial charge in [-0.15, -0.1) is 10.2 Å². The predicted octanol–water partition coefficient (Wildman–Crippen LogP) is 3.58. The van der Waals surface area contributed by atoms with E-state index in [2.05, 4.69) is 20.5 Å². The largest absolute Gasteiger partial charge is 0.411 e. The molecule has 1 atom stereocenters. The Labute approximate surface area is 154 Å². The van der Waals surface area contributed by atoms with Crippen molar-refractivity contribution in [2.24, 2.45) is 0 Å². The zero-order valence-corrected chi connectivity index (χ0v) is 14.9. The molecule has 0 saturated carbocycles. The molecule has 3 aromatic rings. The monoisotopic (exact) mass is 374 g/mol. The first-order valence-electron chi connectivity index (χ1n) is 7.55. The Kier molecular flexibility index (Phi) is 5.67. The van der Waals surface area contributed by atoms with E-state index in [4.69, 9.17) is 16.0 Å². The summed E-state index contributed by atoms with van der Waals surface area (Å²) < 4.78 is 5.57. The van der Waals surface area contributed by atoms with E-state index in [9.17, 15) is 4.79 Å². The molecule has 0 unspecified atom stereocenters. The van der Waals surface area contributed by atoms with Crippen LogP contribution >= 0.6 is 23.4 Å². The minimum absolute atomic E-state index is 0.133. The van der Waals surface area contributed by atoms with Gasteiger partial charge >= 0.3 is 0 Å². The zero-order chi connectivity index (χ0) is 17.6. The Morgan fingerprint density at radius 2 is 2.12 bits per heavy atom. The third-order valence-corrected chi connectivity index (χ3v) is 4.68. The van der Waals surface area contributed by atoms with Crippen molar-refractivity contribution in [2.75, 3.05) is 0 Å². The molecule has 1 N–H and O–H groups in total. The third kappa shape index (κ3) is 4.58. The molecule has 2 aromatic heterocycles. The van der Waals surface area contributed by atoms with Crippen molar-refractivity contribution in [2.45, 2.75) is 23.9 Å². The first kappa shape index (κ1) is 17.4. The summed E-state index contributed by atoms with van der Waals surface area (Å²) in [4.78, 5) is 16.2. The minimum Gasteiger partial charge on any atom is -0.411 e. The maximum Gasteiger partial charge on any atom is 0.277 e. The standard InChI is InChI=1S/C17H15ClN4O2S/c1-11(15(23)20-10-12-5-2-3-7-14(12)18)25-17-22-21-16(24-17)13-6-4-8-19-9-13/h2-9,11H,10H2,1H3,(H,20,23)/t11-/m1/s1. The number of aromatic nitrogens is 3. The van der Waals surface area contributed by atoms with Crippen LogP contribution in [0.5, 0.6) is 0 Å². The number of nitrogens with one attached hydrogen (secondary N) is 1. The van der Waals surface area contributed by atoms with E-state index in [-0.39, 0.29) is 11.2 Å². The molecule has 128 valence electrons. The Hall–Kier alpha value is -2.38. The van der Waals surface area contributed by atoms with Crippen LogP contribution in [0.2, 0.25) is 5.02 Å². The van der Waals surface area contributed by atoms with Gasteiger partial charge in [-0.25, -0.2) is 0 Å². The number of carbonyl (C=O) groups excluding carboxylic acids is 1. The van der Waals surface area contributed by atoms with Gasteiger partial charge in [0.15, 0.2) is 0 Å². The average Bonchev–Trinajstić information content (AvgIpc) is 3.10. The lowest BCUT2D eigenvalue weighted by molar-refractivity contribution is -0.120. The number of halogens is 1. The maximum atomic E-state index is 12.2. The van der Waals surface area contributed by atoms with Crippen LogP contribution in [0, 0.1) is 0 Å². The van der Waals surface area contributed by atoms with Crippen LogP contribution in [0.15, 0.2) is 58.4 Å². The highest BCUT2D eigenvalue weighted by atomic mass is 35.5. The fraction of sp³-hybridized carbons (Fsp3) is 0.176. The number of amides is 1. The number of benzene rings is 1. The Morgan fingerprint density at radius 3 is 2.88 bits per heavy atom. The van der Waals surface area contributed by atoms with Gasteiger partial charge in [0.05, 0.1) is 10.8 Å². The van der Waals surface area contributed by atoms with Crippen molar-refractivity contribution in [3.63, 3.8) is 0 Å². The van der Waals surface area contributed by atoms with Crippen LogP contribution in [0.1, 0.15) is 12.5 Å². The fourth-order valence-corrected chi connectivity index (χ4v) is 2.95. The van der Waals surface area contributed by atoms with Crippen LogP contribution < -0.4 is 5.32 Å². The van der Waals surface area contributed by atoms with Gasteiger partial charge < -0.3 is 9.73 Å². The van der Waals surface area contributed by atoms with E-state index in [0.717, 1.165) is 11.1 Å². The van der Waals surface area contributed by atoms with Crippen LogP contribution in [-0.4, -0.2) is 26.3 Å². The molecular weight excluding hydrogens is 360 g/mol. The lowest BCUT2D eigenvalue weighted by Gasteiger charge is -2.10. The smallest absolute Gasteiger partial charge is 0.277 e. The fourth-order valence-electron chi connectivity index (χ4n) is 2.04. The van der Waals surface area contributed by atoms with E-state index >= 15 is 0 Å². The Morgan fingerprint density at radius 1 is 1.28 bits per heavy atom. The Bertz CT molecular complexity index is 857. The number of carbonyl (C=O) groups is 1. The molecular formula is C17H15ClN4O2S. The Balaban J connectivity index is 1.57. The number of nitrogens with zero attached hydrogens (tertiary/aromatic N) is 3. The predicted molar refractivity (Wildman–Crippen MR) is 96.1 cm³/mol. The van der Waals surface area contributed by atoms with Gasteiger partial charge in [-0.1, -0.05) is 41.6 Å². The first-order valence-corrected chi connectivity index (χ1v) is 8.81. The van der Waals surface area contributed by atoms with Crippen molar-refractivity contribution in [1.29, 1.82) is 0 Å².